The van der Waals surface area contributed by atoms with Crippen LogP contribution in [0, 0.1) is 5.92 Å². The summed E-state index contributed by atoms with van der Waals surface area (Å²) in [5.41, 5.74) is 7.66. The fourth-order valence-electron chi connectivity index (χ4n) is 3.05. The largest absolute Gasteiger partial charge is 0.330 e. The molecule has 1 aliphatic rings. The minimum Gasteiger partial charge on any atom is -0.330 e. The van der Waals surface area contributed by atoms with Crippen molar-refractivity contribution in [3.05, 3.63) is 34.3 Å². The summed E-state index contributed by atoms with van der Waals surface area (Å²) in [6.45, 7) is 3.04. The van der Waals surface area contributed by atoms with Gasteiger partial charge >= 0.3 is 0 Å². The molecule has 1 aromatic carbocycles. The summed E-state index contributed by atoms with van der Waals surface area (Å²) < 4.78 is 1.22. The van der Waals surface area contributed by atoms with Gasteiger partial charge in [-0.1, -0.05) is 53.9 Å². The van der Waals surface area contributed by atoms with Crippen molar-refractivity contribution >= 4 is 15.9 Å². The number of halogens is 1. The first-order valence-corrected chi connectivity index (χ1v) is 6.96. The summed E-state index contributed by atoms with van der Waals surface area (Å²) in [7, 11) is 0. The molecule has 1 aliphatic carbocycles. The fraction of sp³-hybridized carbons (Fsp3) is 0.571. The first-order valence-electron chi connectivity index (χ1n) is 6.17. The summed E-state index contributed by atoms with van der Waals surface area (Å²) >= 11 is 3.65. The number of hydrogen-bond acceptors (Lipinski definition) is 1. The van der Waals surface area contributed by atoms with Crippen molar-refractivity contribution in [3.63, 3.8) is 0 Å². The third-order valence-electron chi connectivity index (χ3n) is 3.89. The van der Waals surface area contributed by atoms with Gasteiger partial charge in [0, 0.05) is 16.4 Å². The van der Waals surface area contributed by atoms with Crippen LogP contribution < -0.4 is 5.73 Å². The number of rotatable bonds is 4. The Morgan fingerprint density at radius 3 is 2.62 bits per heavy atom. The van der Waals surface area contributed by atoms with Crippen LogP contribution in [0.4, 0.5) is 0 Å². The highest BCUT2D eigenvalue weighted by molar-refractivity contribution is 9.10. The molecule has 0 radical (unpaired) electrons. The van der Waals surface area contributed by atoms with Gasteiger partial charge in [0.2, 0.25) is 0 Å². The highest BCUT2D eigenvalue weighted by Crippen LogP contribution is 2.50. The van der Waals surface area contributed by atoms with Gasteiger partial charge in [-0.05, 0) is 30.4 Å². The molecule has 0 heterocycles. The SMILES string of the molecule is CCCC1CC(CN)(c2ccccc2Br)C1. The maximum Gasteiger partial charge on any atom is 0.0213 e. The Hall–Kier alpha value is -0.340. The first-order chi connectivity index (χ1) is 7.72. The van der Waals surface area contributed by atoms with Gasteiger partial charge in [-0.2, -0.15) is 0 Å². The van der Waals surface area contributed by atoms with Gasteiger partial charge in [0.15, 0.2) is 0 Å². The molecule has 88 valence electrons. The van der Waals surface area contributed by atoms with Crippen molar-refractivity contribution < 1.29 is 0 Å². The molecule has 0 atom stereocenters. The van der Waals surface area contributed by atoms with E-state index in [1.54, 1.807) is 0 Å². The molecule has 2 N–H and O–H groups in total. The molecule has 0 amide bonds. The predicted octanol–water partition coefficient (Wildman–Crippen LogP) is 3.86. The Morgan fingerprint density at radius 1 is 1.38 bits per heavy atom. The monoisotopic (exact) mass is 281 g/mol. The highest BCUT2D eigenvalue weighted by atomic mass is 79.9. The molecule has 2 rings (SSSR count). The standard InChI is InChI=1S/C14H20BrN/c1-2-5-11-8-14(9-11,10-16)12-6-3-4-7-13(12)15/h3-4,6-7,11H,2,5,8-10,16H2,1H3. The van der Waals surface area contributed by atoms with E-state index in [0.29, 0.717) is 0 Å². The molecule has 1 saturated carbocycles. The Bertz CT molecular complexity index is 356. The van der Waals surface area contributed by atoms with Crippen LogP contribution in [0.1, 0.15) is 38.2 Å². The van der Waals surface area contributed by atoms with Crippen molar-refractivity contribution in [3.8, 4) is 0 Å². The molecule has 0 saturated heterocycles. The van der Waals surface area contributed by atoms with Crippen molar-refractivity contribution in [2.45, 2.75) is 38.0 Å². The molecule has 0 aromatic heterocycles. The zero-order valence-corrected chi connectivity index (χ0v) is 11.5. The van der Waals surface area contributed by atoms with Crippen LogP contribution in [0.2, 0.25) is 0 Å². The summed E-state index contributed by atoms with van der Waals surface area (Å²) in [5.74, 6) is 0.889. The molecule has 0 unspecified atom stereocenters. The zero-order valence-electron chi connectivity index (χ0n) is 9.88. The molecule has 1 fully saturated rings. The summed E-state index contributed by atoms with van der Waals surface area (Å²) in [5, 5.41) is 0. The average Bonchev–Trinajstić information content (AvgIpc) is 2.24. The van der Waals surface area contributed by atoms with E-state index in [0.717, 1.165) is 12.5 Å². The second-order valence-corrected chi connectivity index (χ2v) is 5.88. The Morgan fingerprint density at radius 2 is 2.06 bits per heavy atom. The molecule has 0 aliphatic heterocycles. The van der Waals surface area contributed by atoms with Crippen LogP contribution in [-0.2, 0) is 5.41 Å². The van der Waals surface area contributed by atoms with E-state index in [9.17, 15) is 0 Å². The van der Waals surface area contributed by atoms with Crippen LogP contribution in [0.5, 0.6) is 0 Å². The lowest BCUT2D eigenvalue weighted by Gasteiger charge is -2.48. The molecular formula is C14H20BrN. The second-order valence-electron chi connectivity index (χ2n) is 5.03. The smallest absolute Gasteiger partial charge is 0.0213 e. The van der Waals surface area contributed by atoms with Gasteiger partial charge in [0.1, 0.15) is 0 Å². The van der Waals surface area contributed by atoms with Crippen LogP contribution in [0.3, 0.4) is 0 Å². The van der Waals surface area contributed by atoms with Gasteiger partial charge in [0.05, 0.1) is 0 Å². The van der Waals surface area contributed by atoms with E-state index in [4.69, 9.17) is 5.73 Å². The number of nitrogens with two attached hydrogens (primary N) is 1. The first kappa shape index (κ1) is 12.1. The maximum absolute atomic E-state index is 6.01. The third kappa shape index (κ3) is 2.05. The second kappa shape index (κ2) is 4.89. The van der Waals surface area contributed by atoms with Crippen LogP contribution in [-0.4, -0.2) is 6.54 Å². The van der Waals surface area contributed by atoms with Gasteiger partial charge in [-0.15, -0.1) is 0 Å². The third-order valence-corrected chi connectivity index (χ3v) is 4.58. The minimum atomic E-state index is 0.250. The normalized spacial score (nSPS) is 28.8. The molecule has 16 heavy (non-hydrogen) atoms. The van der Waals surface area contributed by atoms with Crippen molar-refractivity contribution in [2.75, 3.05) is 6.54 Å². The van der Waals surface area contributed by atoms with E-state index in [2.05, 4.69) is 47.1 Å². The quantitative estimate of drug-likeness (QED) is 0.891. The highest BCUT2D eigenvalue weighted by Gasteiger charge is 2.44. The molecule has 0 bridgehead atoms. The summed E-state index contributed by atoms with van der Waals surface area (Å²) in [6.07, 6.45) is 5.17. The lowest BCUT2D eigenvalue weighted by Crippen LogP contribution is -2.47. The number of benzene rings is 1. The molecule has 1 aromatic rings. The maximum atomic E-state index is 6.01. The van der Waals surface area contributed by atoms with Crippen LogP contribution >= 0.6 is 15.9 Å². The van der Waals surface area contributed by atoms with Crippen LogP contribution in [0.15, 0.2) is 28.7 Å². The minimum absolute atomic E-state index is 0.250. The van der Waals surface area contributed by atoms with Crippen molar-refractivity contribution in [2.24, 2.45) is 11.7 Å². The topological polar surface area (TPSA) is 26.0 Å². The van der Waals surface area contributed by atoms with E-state index >= 15 is 0 Å². The summed E-state index contributed by atoms with van der Waals surface area (Å²) in [6, 6.07) is 8.53. The van der Waals surface area contributed by atoms with Crippen LogP contribution in [0.25, 0.3) is 0 Å². The molecule has 1 nitrogen and oxygen atoms in total. The van der Waals surface area contributed by atoms with E-state index in [1.165, 1.54) is 35.7 Å². The van der Waals surface area contributed by atoms with Gasteiger partial charge in [-0.25, -0.2) is 0 Å². The molecular weight excluding hydrogens is 262 g/mol. The van der Waals surface area contributed by atoms with Gasteiger partial charge < -0.3 is 5.73 Å². The summed E-state index contributed by atoms with van der Waals surface area (Å²) in [4.78, 5) is 0. The van der Waals surface area contributed by atoms with E-state index in [1.807, 2.05) is 0 Å². The van der Waals surface area contributed by atoms with Crippen molar-refractivity contribution in [1.29, 1.82) is 0 Å². The fourth-order valence-corrected chi connectivity index (χ4v) is 3.75. The van der Waals surface area contributed by atoms with E-state index < -0.39 is 0 Å². The lowest BCUT2D eigenvalue weighted by atomic mass is 9.57. The average molecular weight is 282 g/mol. The van der Waals surface area contributed by atoms with Gasteiger partial charge in [-0.3, -0.25) is 0 Å². The Kier molecular flexibility index (Phi) is 3.70. The number of hydrogen-bond donors (Lipinski definition) is 1. The molecule has 0 spiro atoms. The Balaban J connectivity index is 2.16. The molecule has 2 heteroatoms. The van der Waals surface area contributed by atoms with Gasteiger partial charge in [0.25, 0.3) is 0 Å². The zero-order chi connectivity index (χ0) is 11.6. The lowest BCUT2D eigenvalue weighted by molar-refractivity contribution is 0.138. The van der Waals surface area contributed by atoms with Crippen molar-refractivity contribution in [1.82, 2.24) is 0 Å². The predicted molar refractivity (Wildman–Crippen MR) is 72.5 cm³/mol. The Labute approximate surface area is 107 Å². The van der Waals surface area contributed by atoms with E-state index in [-0.39, 0.29) is 5.41 Å².